The maximum Gasteiger partial charge on any atom is 0.234 e. The largest absolute Gasteiger partial charge is 0.497 e. The molecule has 0 spiro atoms. The Hall–Kier alpha value is -3.63. The van der Waals surface area contributed by atoms with Gasteiger partial charge in [-0.2, -0.15) is 0 Å². The first-order valence-corrected chi connectivity index (χ1v) is 13.7. The van der Waals surface area contributed by atoms with Crippen molar-refractivity contribution in [2.24, 2.45) is 0 Å². The van der Waals surface area contributed by atoms with Gasteiger partial charge in [-0.15, -0.1) is 10.2 Å². The van der Waals surface area contributed by atoms with Gasteiger partial charge in [-0.1, -0.05) is 52.0 Å². The Kier molecular flexibility index (Phi) is 9.19. The molecule has 0 radical (unpaired) electrons. The molecular weight excluding hydrogens is 566 g/mol. The maximum absolute atomic E-state index is 12.7. The zero-order valence-corrected chi connectivity index (χ0v) is 23.7. The van der Waals surface area contributed by atoms with Crippen molar-refractivity contribution in [3.8, 4) is 11.4 Å². The van der Waals surface area contributed by atoms with E-state index in [9.17, 15) is 9.59 Å². The Morgan fingerprint density at radius 1 is 0.974 bits per heavy atom. The van der Waals surface area contributed by atoms with E-state index >= 15 is 0 Å². The number of benzene rings is 3. The molecular formula is C28H28BrN5O3S. The van der Waals surface area contributed by atoms with Crippen LogP contribution in [0.3, 0.4) is 0 Å². The predicted octanol–water partition coefficient (Wildman–Crippen LogP) is 5.24. The van der Waals surface area contributed by atoms with Crippen molar-refractivity contribution in [1.82, 2.24) is 20.1 Å². The zero-order chi connectivity index (χ0) is 27.1. The van der Waals surface area contributed by atoms with Crippen LogP contribution in [-0.2, 0) is 22.6 Å². The van der Waals surface area contributed by atoms with E-state index in [2.05, 4.69) is 36.8 Å². The van der Waals surface area contributed by atoms with Crippen molar-refractivity contribution in [3.05, 3.63) is 93.7 Å². The zero-order valence-electron chi connectivity index (χ0n) is 21.3. The highest BCUT2D eigenvalue weighted by atomic mass is 79.9. The van der Waals surface area contributed by atoms with Crippen molar-refractivity contribution in [2.75, 3.05) is 18.2 Å². The molecule has 0 aliphatic heterocycles. The van der Waals surface area contributed by atoms with Crippen LogP contribution in [0.5, 0.6) is 5.75 Å². The van der Waals surface area contributed by atoms with E-state index < -0.39 is 0 Å². The van der Waals surface area contributed by atoms with E-state index in [1.54, 1.807) is 7.11 Å². The van der Waals surface area contributed by atoms with Crippen molar-refractivity contribution < 1.29 is 14.3 Å². The number of aryl methyl sites for hydroxylation is 2. The average Bonchev–Trinajstić information content (AvgIpc) is 3.32. The number of anilines is 1. The first-order chi connectivity index (χ1) is 18.3. The summed E-state index contributed by atoms with van der Waals surface area (Å²) in [4.78, 5) is 25.3. The molecule has 4 aromatic rings. The number of ether oxygens (including phenoxy) is 1. The summed E-state index contributed by atoms with van der Waals surface area (Å²) in [5, 5.41) is 15.1. The highest BCUT2D eigenvalue weighted by molar-refractivity contribution is 9.10. The summed E-state index contributed by atoms with van der Waals surface area (Å²) in [5.74, 6) is 1.19. The van der Waals surface area contributed by atoms with Crippen molar-refractivity contribution >= 4 is 45.2 Å². The van der Waals surface area contributed by atoms with Gasteiger partial charge in [0.1, 0.15) is 5.75 Å². The number of amides is 2. The fraction of sp³-hybridized carbons (Fsp3) is 0.214. The van der Waals surface area contributed by atoms with Crippen molar-refractivity contribution in [2.45, 2.75) is 32.0 Å². The summed E-state index contributed by atoms with van der Waals surface area (Å²) >= 11 is 4.75. The van der Waals surface area contributed by atoms with E-state index in [4.69, 9.17) is 4.74 Å². The molecule has 3 aromatic carbocycles. The van der Waals surface area contributed by atoms with Gasteiger partial charge in [0.15, 0.2) is 11.0 Å². The molecule has 196 valence electrons. The fourth-order valence-corrected chi connectivity index (χ4v) is 4.75. The third-order valence-electron chi connectivity index (χ3n) is 5.75. The summed E-state index contributed by atoms with van der Waals surface area (Å²) in [6.45, 7) is 4.14. The lowest BCUT2D eigenvalue weighted by atomic mass is 10.1. The second-order valence-corrected chi connectivity index (χ2v) is 10.5. The van der Waals surface area contributed by atoms with Crippen molar-refractivity contribution in [1.29, 1.82) is 0 Å². The van der Waals surface area contributed by atoms with E-state index in [1.807, 2.05) is 85.1 Å². The smallest absolute Gasteiger partial charge is 0.234 e. The minimum Gasteiger partial charge on any atom is -0.497 e. The van der Waals surface area contributed by atoms with Crippen molar-refractivity contribution in [3.63, 3.8) is 0 Å². The van der Waals surface area contributed by atoms with E-state index in [0.29, 0.717) is 11.0 Å². The van der Waals surface area contributed by atoms with Gasteiger partial charge < -0.3 is 15.4 Å². The molecule has 0 aliphatic rings. The molecule has 0 saturated heterocycles. The first-order valence-electron chi connectivity index (χ1n) is 11.9. The summed E-state index contributed by atoms with van der Waals surface area (Å²) in [7, 11) is 1.60. The van der Waals surface area contributed by atoms with E-state index in [1.165, 1.54) is 11.8 Å². The monoisotopic (exact) mass is 593 g/mol. The number of thioether (sulfide) groups is 1. The van der Waals surface area contributed by atoms with Gasteiger partial charge in [-0.3, -0.25) is 14.2 Å². The lowest BCUT2D eigenvalue weighted by Crippen LogP contribution is -2.26. The number of carbonyl (C=O) groups excluding carboxylic acids is 2. The molecule has 4 rings (SSSR count). The fourth-order valence-electron chi connectivity index (χ4n) is 3.71. The number of aromatic nitrogens is 3. The number of halogens is 1. The first kappa shape index (κ1) is 27.4. The third kappa shape index (κ3) is 7.23. The number of hydrogen-bond acceptors (Lipinski definition) is 6. The maximum atomic E-state index is 12.7. The average molecular weight is 595 g/mol. The lowest BCUT2D eigenvalue weighted by Gasteiger charge is -2.12. The molecule has 0 saturated carbocycles. The highest BCUT2D eigenvalue weighted by Crippen LogP contribution is 2.24. The number of hydrogen-bond donors (Lipinski definition) is 2. The minimum absolute atomic E-state index is 0.136. The molecule has 0 aliphatic carbocycles. The van der Waals surface area contributed by atoms with Gasteiger partial charge in [-0.05, 0) is 73.0 Å². The predicted molar refractivity (Wildman–Crippen MR) is 153 cm³/mol. The SMILES string of the molecule is COc1ccc(CC(=O)NCc2nnc(SCC(=O)Nc3cc(C)ccc3C)n2-c2ccc(Br)cc2)cc1. The molecule has 0 bridgehead atoms. The molecule has 1 aromatic heterocycles. The van der Waals surface area contributed by atoms with E-state index in [-0.39, 0.29) is 30.5 Å². The van der Waals surface area contributed by atoms with Crippen LogP contribution in [0.4, 0.5) is 5.69 Å². The molecule has 10 heteroatoms. The Morgan fingerprint density at radius 2 is 1.71 bits per heavy atom. The number of methoxy groups -OCH3 is 1. The number of nitrogens with zero attached hydrogens (tertiary/aromatic N) is 3. The normalized spacial score (nSPS) is 10.7. The number of nitrogens with one attached hydrogen (secondary N) is 2. The Bertz CT molecular complexity index is 1420. The van der Waals surface area contributed by atoms with Gasteiger partial charge in [0.05, 0.1) is 25.8 Å². The summed E-state index contributed by atoms with van der Waals surface area (Å²) in [6.07, 6.45) is 0.233. The van der Waals surface area contributed by atoms with Gasteiger partial charge >= 0.3 is 0 Å². The Balaban J connectivity index is 1.45. The molecule has 38 heavy (non-hydrogen) atoms. The molecule has 0 atom stereocenters. The lowest BCUT2D eigenvalue weighted by molar-refractivity contribution is -0.120. The molecule has 0 unspecified atom stereocenters. The summed E-state index contributed by atoms with van der Waals surface area (Å²) in [5.41, 5.74) is 4.58. The minimum atomic E-state index is -0.136. The van der Waals surface area contributed by atoms with E-state index in [0.717, 1.165) is 38.3 Å². The van der Waals surface area contributed by atoms with Crippen LogP contribution < -0.4 is 15.4 Å². The van der Waals surface area contributed by atoms with Gasteiger partial charge in [0.2, 0.25) is 11.8 Å². The van der Waals surface area contributed by atoms with Crippen LogP contribution in [0, 0.1) is 13.8 Å². The third-order valence-corrected chi connectivity index (χ3v) is 7.21. The second kappa shape index (κ2) is 12.7. The number of rotatable bonds is 10. The molecule has 2 N–H and O–H groups in total. The number of carbonyl (C=O) groups is 2. The summed E-state index contributed by atoms with van der Waals surface area (Å²) < 4.78 is 7.96. The summed E-state index contributed by atoms with van der Waals surface area (Å²) in [6, 6.07) is 21.0. The Morgan fingerprint density at radius 3 is 2.42 bits per heavy atom. The van der Waals surface area contributed by atoms with Crippen LogP contribution in [-0.4, -0.2) is 39.4 Å². The molecule has 1 heterocycles. The second-order valence-electron chi connectivity index (χ2n) is 8.67. The molecule has 8 nitrogen and oxygen atoms in total. The quantitative estimate of drug-likeness (QED) is 0.244. The highest BCUT2D eigenvalue weighted by Gasteiger charge is 2.17. The topological polar surface area (TPSA) is 98.1 Å². The molecule has 2 amide bonds. The van der Waals surface area contributed by atoms with Crippen LogP contribution in [0.15, 0.2) is 76.4 Å². The standard InChI is InChI=1S/C28H28BrN5O3S/c1-18-4-5-19(2)24(14-18)31-27(36)17-38-28-33-32-25(34(28)22-10-8-21(29)9-11-22)16-30-26(35)15-20-6-12-23(37-3)13-7-20/h4-14H,15-17H2,1-3H3,(H,30,35)(H,31,36). The molecule has 0 fully saturated rings. The van der Waals surface area contributed by atoms with Crippen LogP contribution >= 0.6 is 27.7 Å². The van der Waals surface area contributed by atoms with Crippen LogP contribution in [0.25, 0.3) is 5.69 Å². The van der Waals surface area contributed by atoms with Crippen LogP contribution in [0.2, 0.25) is 0 Å². The van der Waals surface area contributed by atoms with Gasteiger partial charge in [0, 0.05) is 15.8 Å². The van der Waals surface area contributed by atoms with Crippen LogP contribution in [0.1, 0.15) is 22.5 Å². The van der Waals surface area contributed by atoms with Gasteiger partial charge in [-0.25, -0.2) is 0 Å². The van der Waals surface area contributed by atoms with Gasteiger partial charge in [0.25, 0.3) is 0 Å². The Labute approximate surface area is 234 Å².